The van der Waals surface area contributed by atoms with Gasteiger partial charge in [0.15, 0.2) is 0 Å². The van der Waals surface area contributed by atoms with Crippen molar-refractivity contribution in [3.05, 3.63) is 28.8 Å². The van der Waals surface area contributed by atoms with E-state index in [-0.39, 0.29) is 5.75 Å². The molecule has 1 N–H and O–H groups in total. The number of halogens is 1. The third-order valence-electron chi connectivity index (χ3n) is 2.62. The van der Waals surface area contributed by atoms with Crippen molar-refractivity contribution >= 4 is 33.2 Å². The number of nitrogens with one attached hydrogen (secondary N) is 1. The lowest BCUT2D eigenvalue weighted by Crippen LogP contribution is -2.19. The van der Waals surface area contributed by atoms with Crippen LogP contribution in [-0.2, 0) is 16.4 Å². The Labute approximate surface area is 131 Å². The molecular weight excluding hydrogens is 314 g/mol. The predicted octanol–water partition coefficient (Wildman–Crippen LogP) is 3.22. The summed E-state index contributed by atoms with van der Waals surface area (Å²) in [6.07, 6.45) is 1.25. The maximum atomic E-state index is 11.1. The minimum Gasteiger partial charge on any atom is -0.312 e. The highest BCUT2D eigenvalue weighted by atomic mass is 35.5. The smallest absolute Gasteiger partial charge is 0.148 e. The molecule has 0 heterocycles. The van der Waals surface area contributed by atoms with Crippen molar-refractivity contribution in [3.8, 4) is 0 Å². The maximum Gasteiger partial charge on any atom is 0.148 e. The van der Waals surface area contributed by atoms with Gasteiger partial charge in [-0.05, 0) is 30.2 Å². The monoisotopic (exact) mass is 335 g/mol. The molecule has 3 nitrogen and oxygen atoms in total. The fraction of sp³-hybridized carbons (Fsp3) is 0.571. The summed E-state index contributed by atoms with van der Waals surface area (Å²) in [6, 6.07) is 5.89. The first kappa shape index (κ1) is 17.8. The summed E-state index contributed by atoms with van der Waals surface area (Å²) in [4.78, 5) is 1.01. The first-order chi connectivity index (χ1) is 9.28. The summed E-state index contributed by atoms with van der Waals surface area (Å²) in [6.45, 7) is 6.04. The molecule has 0 aliphatic rings. The Balaban J connectivity index is 2.50. The number of hydrogen-bond acceptors (Lipinski definition) is 4. The summed E-state index contributed by atoms with van der Waals surface area (Å²) in [7, 11) is -2.90. The first-order valence-electron chi connectivity index (χ1n) is 6.57. The van der Waals surface area contributed by atoms with E-state index in [1.807, 2.05) is 18.2 Å². The molecule has 1 aromatic rings. The van der Waals surface area contributed by atoms with E-state index in [0.717, 1.165) is 28.6 Å². The Morgan fingerprint density at radius 3 is 2.60 bits per heavy atom. The Hall–Kier alpha value is -0.230. The zero-order valence-corrected chi connectivity index (χ0v) is 14.5. The third-order valence-corrected chi connectivity index (χ3v) is 5.17. The second-order valence-electron chi connectivity index (χ2n) is 5.26. The van der Waals surface area contributed by atoms with Crippen LogP contribution in [0.25, 0.3) is 0 Å². The second-order valence-corrected chi connectivity index (χ2v) is 9.09. The molecule has 0 radical (unpaired) electrons. The summed E-state index contributed by atoms with van der Waals surface area (Å²) >= 11 is 7.76. The largest absolute Gasteiger partial charge is 0.312 e. The van der Waals surface area contributed by atoms with Crippen molar-refractivity contribution in [2.24, 2.45) is 5.92 Å². The van der Waals surface area contributed by atoms with Crippen molar-refractivity contribution in [2.45, 2.75) is 25.3 Å². The minimum absolute atomic E-state index is 0.187. The molecule has 0 amide bonds. The van der Waals surface area contributed by atoms with Crippen molar-refractivity contribution in [1.29, 1.82) is 0 Å². The fourth-order valence-electron chi connectivity index (χ4n) is 1.57. The van der Waals surface area contributed by atoms with E-state index in [4.69, 9.17) is 11.6 Å². The molecule has 1 aromatic carbocycles. The lowest BCUT2D eigenvalue weighted by Gasteiger charge is -2.10. The summed E-state index contributed by atoms with van der Waals surface area (Å²) < 4.78 is 22.1. The van der Waals surface area contributed by atoms with Gasteiger partial charge in [0, 0.05) is 28.5 Å². The summed E-state index contributed by atoms with van der Waals surface area (Å²) in [5, 5.41) is 4.08. The zero-order chi connectivity index (χ0) is 15.2. The van der Waals surface area contributed by atoms with E-state index in [1.54, 1.807) is 0 Å². The molecule has 0 spiro atoms. The topological polar surface area (TPSA) is 46.2 Å². The SMILES string of the molecule is CC(C)CNCc1ccc(SCCS(C)(=O)=O)cc1Cl. The molecule has 1 rings (SSSR count). The number of rotatable bonds is 8. The predicted molar refractivity (Wildman–Crippen MR) is 88.4 cm³/mol. The molecule has 0 atom stereocenters. The summed E-state index contributed by atoms with van der Waals surface area (Å²) in [5.74, 6) is 1.35. The molecule has 0 bridgehead atoms. The van der Waals surface area contributed by atoms with Crippen LogP contribution in [0.4, 0.5) is 0 Å². The molecule has 0 unspecified atom stereocenters. The van der Waals surface area contributed by atoms with Crippen LogP contribution in [0.2, 0.25) is 5.02 Å². The van der Waals surface area contributed by atoms with Crippen LogP contribution >= 0.6 is 23.4 Å². The number of thioether (sulfide) groups is 1. The number of sulfone groups is 1. The first-order valence-corrected chi connectivity index (χ1v) is 10.00. The average Bonchev–Trinajstić information content (AvgIpc) is 2.30. The fourth-order valence-corrected chi connectivity index (χ4v) is 4.03. The zero-order valence-electron chi connectivity index (χ0n) is 12.1. The average molecular weight is 336 g/mol. The van der Waals surface area contributed by atoms with E-state index < -0.39 is 9.84 Å². The third kappa shape index (κ3) is 7.53. The molecule has 0 fully saturated rings. The Bertz CT molecular complexity index is 530. The van der Waals surface area contributed by atoms with Crippen LogP contribution < -0.4 is 5.32 Å². The molecule has 0 saturated carbocycles. The van der Waals surface area contributed by atoms with Gasteiger partial charge in [-0.15, -0.1) is 11.8 Å². The van der Waals surface area contributed by atoms with E-state index in [2.05, 4.69) is 19.2 Å². The van der Waals surface area contributed by atoms with Gasteiger partial charge in [0.05, 0.1) is 5.75 Å². The van der Waals surface area contributed by atoms with E-state index in [0.29, 0.717) is 11.7 Å². The second kappa shape index (κ2) is 8.27. The van der Waals surface area contributed by atoms with E-state index >= 15 is 0 Å². The normalized spacial score (nSPS) is 12.1. The quantitative estimate of drug-likeness (QED) is 0.741. The van der Waals surface area contributed by atoms with E-state index in [9.17, 15) is 8.42 Å². The van der Waals surface area contributed by atoms with Gasteiger partial charge in [-0.1, -0.05) is 31.5 Å². The molecule has 0 saturated heterocycles. The van der Waals surface area contributed by atoms with Crippen LogP contribution in [0.15, 0.2) is 23.1 Å². The van der Waals surface area contributed by atoms with Crippen LogP contribution in [0, 0.1) is 5.92 Å². The minimum atomic E-state index is -2.90. The summed E-state index contributed by atoms with van der Waals surface area (Å²) in [5.41, 5.74) is 1.07. The lowest BCUT2D eigenvalue weighted by atomic mass is 10.2. The number of benzene rings is 1. The Morgan fingerprint density at radius 2 is 2.05 bits per heavy atom. The highest BCUT2D eigenvalue weighted by Crippen LogP contribution is 2.25. The highest BCUT2D eigenvalue weighted by molar-refractivity contribution is 8.00. The molecular formula is C14H22ClNO2S2. The van der Waals surface area contributed by atoms with Crippen molar-refractivity contribution in [3.63, 3.8) is 0 Å². The van der Waals surface area contributed by atoms with Gasteiger partial charge in [-0.25, -0.2) is 8.42 Å². The van der Waals surface area contributed by atoms with Gasteiger partial charge in [0.2, 0.25) is 0 Å². The van der Waals surface area contributed by atoms with E-state index in [1.165, 1.54) is 18.0 Å². The molecule has 6 heteroatoms. The van der Waals surface area contributed by atoms with Crippen LogP contribution in [0.5, 0.6) is 0 Å². The van der Waals surface area contributed by atoms with Gasteiger partial charge in [0.1, 0.15) is 9.84 Å². The molecule has 20 heavy (non-hydrogen) atoms. The molecule has 0 aliphatic heterocycles. The standard InChI is InChI=1S/C14H22ClNO2S2/c1-11(2)9-16-10-12-4-5-13(8-14(12)15)19-6-7-20(3,17)18/h4-5,8,11,16H,6-7,9-10H2,1-3H3. The van der Waals surface area contributed by atoms with Crippen LogP contribution in [-0.4, -0.2) is 32.7 Å². The van der Waals surface area contributed by atoms with Crippen LogP contribution in [0.3, 0.4) is 0 Å². The Morgan fingerprint density at radius 1 is 1.35 bits per heavy atom. The lowest BCUT2D eigenvalue weighted by molar-refractivity contribution is 0.552. The molecule has 0 aromatic heterocycles. The molecule has 114 valence electrons. The Kier molecular flexibility index (Phi) is 7.37. The van der Waals surface area contributed by atoms with Gasteiger partial charge >= 0.3 is 0 Å². The highest BCUT2D eigenvalue weighted by Gasteiger charge is 2.05. The van der Waals surface area contributed by atoms with Gasteiger partial charge < -0.3 is 5.32 Å². The van der Waals surface area contributed by atoms with Crippen molar-refractivity contribution in [2.75, 3.05) is 24.3 Å². The van der Waals surface area contributed by atoms with Gasteiger partial charge in [-0.3, -0.25) is 0 Å². The van der Waals surface area contributed by atoms with Crippen molar-refractivity contribution in [1.82, 2.24) is 5.32 Å². The van der Waals surface area contributed by atoms with Gasteiger partial charge in [-0.2, -0.15) is 0 Å². The van der Waals surface area contributed by atoms with Crippen LogP contribution in [0.1, 0.15) is 19.4 Å². The maximum absolute atomic E-state index is 11.1. The molecule has 0 aliphatic carbocycles. The number of hydrogen-bond donors (Lipinski definition) is 1. The van der Waals surface area contributed by atoms with Gasteiger partial charge in [0.25, 0.3) is 0 Å². The van der Waals surface area contributed by atoms with Crippen molar-refractivity contribution < 1.29 is 8.42 Å².